The molecule has 0 bridgehead atoms. The van der Waals surface area contributed by atoms with Crippen LogP contribution in [0.5, 0.6) is 0 Å². The van der Waals surface area contributed by atoms with Gasteiger partial charge in [0.1, 0.15) is 0 Å². The normalized spacial score (nSPS) is 23.7. The number of amides is 3. The van der Waals surface area contributed by atoms with Gasteiger partial charge in [0.2, 0.25) is 11.8 Å². The molecule has 0 unspecified atom stereocenters. The predicted molar refractivity (Wildman–Crippen MR) is 137 cm³/mol. The number of halogens is 4. The number of imide groups is 1. The van der Waals surface area contributed by atoms with Gasteiger partial charge in [-0.25, -0.2) is 4.79 Å². The van der Waals surface area contributed by atoms with E-state index in [0.717, 1.165) is 4.90 Å². The largest absolute Gasteiger partial charge is 0.452 e. The molecule has 4 rings (SSSR count). The summed E-state index contributed by atoms with van der Waals surface area (Å²) < 4.78 is 5.80. The molecule has 2 aliphatic rings. The molecule has 2 aromatic rings. The Morgan fingerprint density at radius 1 is 1.03 bits per heavy atom. The van der Waals surface area contributed by atoms with Crippen molar-refractivity contribution in [1.29, 1.82) is 0 Å². The molecule has 1 heterocycles. The lowest BCUT2D eigenvalue weighted by Gasteiger charge is -2.28. The van der Waals surface area contributed by atoms with Crippen LogP contribution in [0.4, 0.5) is 11.4 Å². The number of carbonyl (C=O) groups is 4. The summed E-state index contributed by atoms with van der Waals surface area (Å²) in [5.41, 5.74) is 1.70. The number of nitrogens with one attached hydrogen (secondary N) is 1. The Hall–Kier alpha value is -2.13. The Balaban J connectivity index is 1.37. The van der Waals surface area contributed by atoms with E-state index in [-0.39, 0.29) is 28.1 Å². The van der Waals surface area contributed by atoms with E-state index >= 15 is 0 Å². The van der Waals surface area contributed by atoms with Crippen molar-refractivity contribution in [3.8, 4) is 0 Å². The lowest BCUT2D eigenvalue weighted by atomic mass is 9.80. The Labute approximate surface area is 225 Å². The van der Waals surface area contributed by atoms with Crippen molar-refractivity contribution in [2.75, 3.05) is 16.8 Å². The molecule has 1 aliphatic heterocycles. The number of hydrogen-bond donors (Lipinski definition) is 1. The fraction of sp³-hybridized carbons (Fsp3) is 0.333. The molecule has 2 aromatic carbocycles. The van der Waals surface area contributed by atoms with Gasteiger partial charge in [-0.1, -0.05) is 11.6 Å². The fourth-order valence-corrected chi connectivity index (χ4v) is 5.47. The van der Waals surface area contributed by atoms with Gasteiger partial charge in [-0.05, 0) is 77.7 Å². The van der Waals surface area contributed by atoms with Crippen molar-refractivity contribution >= 4 is 85.8 Å². The topological polar surface area (TPSA) is 92.8 Å². The average Bonchev–Trinajstić information content (AvgIpc) is 3.07. The molecule has 1 aliphatic carbocycles. The first kappa shape index (κ1) is 25.9. The van der Waals surface area contributed by atoms with Crippen molar-refractivity contribution < 1.29 is 23.9 Å². The minimum atomic E-state index is -0.722. The van der Waals surface area contributed by atoms with E-state index in [4.69, 9.17) is 39.5 Å². The Bertz CT molecular complexity index is 1180. The molecule has 4 atom stereocenters. The van der Waals surface area contributed by atoms with Crippen molar-refractivity contribution in [2.45, 2.75) is 30.5 Å². The maximum absolute atomic E-state index is 12.9. The highest BCUT2D eigenvalue weighted by Gasteiger charge is 2.52. The molecule has 184 valence electrons. The molecule has 1 N–H and O–H groups in total. The van der Waals surface area contributed by atoms with Gasteiger partial charge in [0.15, 0.2) is 6.61 Å². The predicted octanol–water partition coefficient (Wildman–Crippen LogP) is 5.32. The average molecular weight is 603 g/mol. The van der Waals surface area contributed by atoms with Crippen LogP contribution in [0.3, 0.4) is 0 Å². The smallest absolute Gasteiger partial charge is 0.338 e. The Kier molecular flexibility index (Phi) is 7.76. The van der Waals surface area contributed by atoms with E-state index in [1.54, 1.807) is 19.1 Å². The Morgan fingerprint density at radius 2 is 1.60 bits per heavy atom. The quantitative estimate of drug-likeness (QED) is 0.284. The molecule has 3 amide bonds. The van der Waals surface area contributed by atoms with Gasteiger partial charge in [-0.15, -0.1) is 23.2 Å². The number of rotatable bonds is 5. The zero-order valence-corrected chi connectivity index (χ0v) is 22.2. The molecular weight excluding hydrogens is 583 g/mol. The lowest BCUT2D eigenvalue weighted by Crippen LogP contribution is -2.34. The minimum Gasteiger partial charge on any atom is -0.452 e. The maximum Gasteiger partial charge on any atom is 0.338 e. The third-order valence-electron chi connectivity index (χ3n) is 6.22. The summed E-state index contributed by atoms with van der Waals surface area (Å²) in [6.07, 6.45) is 0.694. The van der Waals surface area contributed by atoms with Crippen molar-refractivity contribution in [3.05, 3.63) is 57.0 Å². The third kappa shape index (κ3) is 5.21. The first-order valence-corrected chi connectivity index (χ1v) is 12.8. The van der Waals surface area contributed by atoms with Crippen LogP contribution >= 0.6 is 50.7 Å². The van der Waals surface area contributed by atoms with Crippen LogP contribution in [0.15, 0.2) is 40.9 Å². The van der Waals surface area contributed by atoms with Crippen LogP contribution in [0.2, 0.25) is 5.02 Å². The van der Waals surface area contributed by atoms with Crippen molar-refractivity contribution in [3.63, 3.8) is 0 Å². The highest BCUT2D eigenvalue weighted by Crippen LogP contribution is 2.43. The number of alkyl halides is 2. The number of ether oxygens (including phenoxy) is 1. The standard InChI is InChI=1S/C24H20BrCl3N2O5/c1-11-19(7-6-16(25)21(11)28)29-20(31)10-35-24(34)12-2-4-13(5-3-12)30-22(32)14-8-17(26)18(27)9-15(14)23(30)33/h2-7,14-15,17-18H,8-10H2,1H3,(H,29,31)/t14-,15-,17+,18+/m1/s1. The highest BCUT2D eigenvalue weighted by molar-refractivity contribution is 9.10. The number of carbonyl (C=O) groups excluding carboxylic acids is 4. The first-order chi connectivity index (χ1) is 16.6. The van der Waals surface area contributed by atoms with Crippen LogP contribution in [-0.2, 0) is 19.1 Å². The summed E-state index contributed by atoms with van der Waals surface area (Å²) >= 11 is 21.9. The van der Waals surface area contributed by atoms with E-state index in [2.05, 4.69) is 21.2 Å². The van der Waals surface area contributed by atoms with Crippen LogP contribution < -0.4 is 10.2 Å². The molecule has 2 fully saturated rings. The van der Waals surface area contributed by atoms with Gasteiger partial charge in [0, 0.05) is 10.2 Å². The molecule has 0 aromatic heterocycles. The maximum atomic E-state index is 12.9. The van der Waals surface area contributed by atoms with Gasteiger partial charge in [0.05, 0.1) is 38.9 Å². The van der Waals surface area contributed by atoms with E-state index < -0.39 is 30.3 Å². The second kappa shape index (κ2) is 10.5. The van der Waals surface area contributed by atoms with Gasteiger partial charge < -0.3 is 10.1 Å². The summed E-state index contributed by atoms with van der Waals surface area (Å²) in [5, 5.41) is 2.39. The molecule has 0 radical (unpaired) electrons. The summed E-state index contributed by atoms with van der Waals surface area (Å²) in [5.74, 6) is -2.86. The zero-order valence-electron chi connectivity index (χ0n) is 18.4. The second-order valence-corrected chi connectivity index (χ2v) is 10.8. The molecule has 1 saturated carbocycles. The number of esters is 1. The molecule has 7 nitrogen and oxygen atoms in total. The van der Waals surface area contributed by atoms with E-state index in [9.17, 15) is 19.2 Å². The Morgan fingerprint density at radius 3 is 2.17 bits per heavy atom. The summed E-state index contributed by atoms with van der Waals surface area (Å²) in [6.45, 7) is 1.25. The van der Waals surface area contributed by atoms with E-state index in [1.807, 2.05) is 0 Å². The van der Waals surface area contributed by atoms with E-state index in [1.165, 1.54) is 24.3 Å². The summed E-state index contributed by atoms with van der Waals surface area (Å²) in [7, 11) is 0. The minimum absolute atomic E-state index is 0.169. The number of anilines is 2. The van der Waals surface area contributed by atoms with Crippen LogP contribution in [0.1, 0.15) is 28.8 Å². The van der Waals surface area contributed by atoms with Crippen LogP contribution in [0, 0.1) is 18.8 Å². The first-order valence-electron chi connectivity index (χ1n) is 10.8. The second-order valence-electron chi connectivity index (χ2n) is 8.43. The molecule has 1 saturated heterocycles. The number of benzene rings is 2. The zero-order chi connectivity index (χ0) is 25.4. The number of hydrogen-bond acceptors (Lipinski definition) is 5. The lowest BCUT2D eigenvalue weighted by molar-refractivity contribution is -0.122. The molecule has 0 spiro atoms. The van der Waals surface area contributed by atoms with Gasteiger partial charge in [-0.2, -0.15) is 0 Å². The highest BCUT2D eigenvalue weighted by atomic mass is 79.9. The monoisotopic (exact) mass is 600 g/mol. The van der Waals surface area contributed by atoms with Crippen LogP contribution in [-0.4, -0.2) is 41.1 Å². The molecular formula is C24H20BrCl3N2O5. The number of nitrogens with zero attached hydrogens (tertiary/aromatic N) is 1. The van der Waals surface area contributed by atoms with Gasteiger partial charge in [0.25, 0.3) is 5.91 Å². The molecule has 11 heteroatoms. The fourth-order valence-electron chi connectivity index (χ4n) is 4.28. The SMILES string of the molecule is Cc1c(NC(=O)COC(=O)c2ccc(N3C(=O)[C@@H]4C[C@H](Cl)[C@@H](Cl)C[C@H]4C3=O)cc2)ccc(Br)c1Cl. The summed E-state index contributed by atoms with van der Waals surface area (Å²) in [6, 6.07) is 9.24. The van der Waals surface area contributed by atoms with E-state index in [0.29, 0.717) is 39.3 Å². The number of fused-ring (bicyclic) bond motifs is 1. The van der Waals surface area contributed by atoms with Gasteiger partial charge >= 0.3 is 5.97 Å². The molecule has 35 heavy (non-hydrogen) atoms. The summed E-state index contributed by atoms with van der Waals surface area (Å²) in [4.78, 5) is 51.5. The van der Waals surface area contributed by atoms with Crippen LogP contribution in [0.25, 0.3) is 0 Å². The van der Waals surface area contributed by atoms with Gasteiger partial charge in [-0.3, -0.25) is 19.3 Å². The van der Waals surface area contributed by atoms with Crippen molar-refractivity contribution in [1.82, 2.24) is 0 Å². The third-order valence-corrected chi connectivity index (χ3v) is 8.69. The van der Waals surface area contributed by atoms with Crippen molar-refractivity contribution in [2.24, 2.45) is 11.8 Å².